The highest BCUT2D eigenvalue weighted by Crippen LogP contribution is 2.74. The lowest BCUT2D eigenvalue weighted by atomic mass is 9.33. The van der Waals surface area contributed by atoms with Gasteiger partial charge in [-0.2, -0.15) is 0 Å². The molecule has 4 aliphatic carbocycles. The van der Waals surface area contributed by atoms with Gasteiger partial charge in [-0.3, -0.25) is 14.4 Å². The van der Waals surface area contributed by atoms with E-state index in [1.165, 1.54) is 6.42 Å². The average molecular weight is 929 g/mol. The molecule has 4 bridgehead atoms. The third kappa shape index (κ3) is 7.88. The van der Waals surface area contributed by atoms with Gasteiger partial charge < -0.3 is 24.1 Å². The summed E-state index contributed by atoms with van der Waals surface area (Å²) in [6, 6.07) is 13.8. The fourth-order valence-electron chi connectivity index (χ4n) is 14.7. The van der Waals surface area contributed by atoms with E-state index in [0.717, 1.165) is 48.4 Å². The number of esters is 4. The summed E-state index contributed by atoms with van der Waals surface area (Å²) in [5.74, 6) is 0.222. The van der Waals surface area contributed by atoms with E-state index in [1.807, 2.05) is 112 Å². The van der Waals surface area contributed by atoms with Gasteiger partial charge in [0, 0.05) is 12.8 Å². The molecule has 374 valence electrons. The minimum atomic E-state index is -1.51. The van der Waals surface area contributed by atoms with Crippen LogP contribution in [0.1, 0.15) is 188 Å². The Kier molecular flexibility index (Phi) is 13.8. The lowest BCUT2D eigenvalue weighted by Gasteiger charge is -2.69. The molecule has 0 amide bonds. The number of fused-ring (bicyclic) bond motifs is 1. The molecule has 1 N–H and O–H groups in total. The Bertz CT molecular complexity index is 2170. The molecule has 2 aromatic rings. The molecular formula is C58H88O9. The highest BCUT2D eigenvalue weighted by Gasteiger charge is 2.75. The molecule has 1 heterocycles. The number of carbonyl (C=O) groups excluding carboxylic acids is 4. The zero-order valence-electron chi connectivity index (χ0n) is 44.8. The van der Waals surface area contributed by atoms with Crippen molar-refractivity contribution in [2.24, 2.45) is 72.4 Å². The van der Waals surface area contributed by atoms with Crippen LogP contribution in [0.25, 0.3) is 10.8 Å². The second-order valence-corrected chi connectivity index (χ2v) is 26.3. The number of benzene rings is 2. The molecule has 0 radical (unpaired) electrons. The summed E-state index contributed by atoms with van der Waals surface area (Å²) in [6.45, 7) is 37.1. The van der Waals surface area contributed by atoms with Crippen LogP contribution < -0.4 is 0 Å². The molecule has 4 saturated carbocycles. The van der Waals surface area contributed by atoms with Gasteiger partial charge in [0.1, 0.15) is 5.60 Å². The fraction of sp³-hybridized carbons (Fsp3) is 0.759. The highest BCUT2D eigenvalue weighted by molar-refractivity contribution is 5.86. The maximum absolute atomic E-state index is 15.8. The van der Waals surface area contributed by atoms with E-state index in [0.29, 0.717) is 23.7 Å². The van der Waals surface area contributed by atoms with Crippen molar-refractivity contribution in [3.8, 4) is 0 Å². The van der Waals surface area contributed by atoms with E-state index < -0.39 is 84.5 Å². The molecule has 9 nitrogen and oxygen atoms in total. The first-order valence-corrected chi connectivity index (χ1v) is 25.6. The summed E-state index contributed by atoms with van der Waals surface area (Å²) in [4.78, 5) is 59.9. The number of hydrogen-bond acceptors (Lipinski definition) is 9. The molecule has 5 atom stereocenters. The topological polar surface area (TPSA) is 125 Å². The lowest BCUT2D eigenvalue weighted by molar-refractivity contribution is -0.259. The van der Waals surface area contributed by atoms with Gasteiger partial charge in [-0.25, -0.2) is 4.79 Å². The Morgan fingerprint density at radius 1 is 0.657 bits per heavy atom. The van der Waals surface area contributed by atoms with Crippen molar-refractivity contribution in [1.29, 1.82) is 0 Å². The number of cyclic esters (lactones) is 1. The van der Waals surface area contributed by atoms with Gasteiger partial charge in [0.2, 0.25) is 6.10 Å². The Labute approximate surface area is 404 Å². The standard InChI is InChI=1S/C58H88O9/c1-19-58(41-31-36-30-37(33-41)34-42(58)32-36)67-48(63)56(17,50(5,6)7)52(10,11)54(14,15)57(18,47(62)66-44-27-29-64-45(44)60)53(12,13)51(8,9)55(16,49(2,3)4)46(61)65-28-26-43(59)40-25-24-38-22-20-21-23-39(38)35-40/h20-25,35-37,41-44,59H,19,26-34H2,1-18H3. The molecule has 7 rings (SSSR count). The van der Waals surface area contributed by atoms with Gasteiger partial charge >= 0.3 is 23.9 Å². The number of aliphatic hydroxyl groups is 1. The van der Waals surface area contributed by atoms with Crippen LogP contribution >= 0.6 is 0 Å². The van der Waals surface area contributed by atoms with Gasteiger partial charge in [0.05, 0.1) is 35.6 Å². The first kappa shape index (κ1) is 52.9. The van der Waals surface area contributed by atoms with Crippen LogP contribution in [0, 0.1) is 72.4 Å². The molecule has 0 aromatic heterocycles. The minimum Gasteiger partial charge on any atom is -0.465 e. The summed E-state index contributed by atoms with van der Waals surface area (Å²) in [6.07, 6.45) is 4.96. The van der Waals surface area contributed by atoms with Crippen LogP contribution in [0.4, 0.5) is 0 Å². The van der Waals surface area contributed by atoms with Crippen LogP contribution in [-0.4, -0.2) is 53.9 Å². The minimum absolute atomic E-state index is 0.0229. The molecule has 5 unspecified atom stereocenters. The maximum atomic E-state index is 15.8. The maximum Gasteiger partial charge on any atom is 0.347 e. The van der Waals surface area contributed by atoms with Crippen molar-refractivity contribution in [3.63, 3.8) is 0 Å². The number of hydrogen-bond donors (Lipinski definition) is 1. The van der Waals surface area contributed by atoms with E-state index in [1.54, 1.807) is 0 Å². The number of ether oxygens (including phenoxy) is 4. The normalized spacial score (nSPS) is 27.9. The Balaban J connectivity index is 1.41. The summed E-state index contributed by atoms with van der Waals surface area (Å²) in [5, 5.41) is 13.4. The lowest BCUT2D eigenvalue weighted by Crippen LogP contribution is -2.71. The largest absolute Gasteiger partial charge is 0.465 e. The molecule has 0 spiro atoms. The zero-order valence-corrected chi connectivity index (χ0v) is 44.8. The van der Waals surface area contributed by atoms with Crippen molar-refractivity contribution in [3.05, 3.63) is 48.0 Å². The monoisotopic (exact) mass is 929 g/mol. The Hall–Kier alpha value is -3.46. The number of carbonyl (C=O) groups is 4. The van der Waals surface area contributed by atoms with E-state index in [-0.39, 0.29) is 32.0 Å². The summed E-state index contributed by atoms with van der Waals surface area (Å²) >= 11 is 0. The Morgan fingerprint density at radius 2 is 1.13 bits per heavy atom. The van der Waals surface area contributed by atoms with Gasteiger partial charge in [0.15, 0.2) is 0 Å². The highest BCUT2D eigenvalue weighted by atomic mass is 16.6. The van der Waals surface area contributed by atoms with Crippen LogP contribution in [0.2, 0.25) is 0 Å². The van der Waals surface area contributed by atoms with Crippen LogP contribution in [0.3, 0.4) is 0 Å². The molecule has 1 aliphatic heterocycles. The third-order valence-corrected chi connectivity index (χ3v) is 21.6. The second kappa shape index (κ2) is 17.4. The van der Waals surface area contributed by atoms with E-state index >= 15 is 14.4 Å². The first-order valence-electron chi connectivity index (χ1n) is 25.6. The van der Waals surface area contributed by atoms with Gasteiger partial charge in [-0.05, 0) is 138 Å². The van der Waals surface area contributed by atoms with Crippen molar-refractivity contribution < 1.29 is 43.2 Å². The van der Waals surface area contributed by atoms with Crippen LogP contribution in [-0.2, 0) is 38.1 Å². The molecule has 2 aromatic carbocycles. The average Bonchev–Trinajstić information content (AvgIpc) is 3.65. The molecule has 5 fully saturated rings. The molecule has 1 saturated heterocycles. The van der Waals surface area contributed by atoms with Gasteiger partial charge in [-0.1, -0.05) is 140 Å². The van der Waals surface area contributed by atoms with Gasteiger partial charge in [0.25, 0.3) is 0 Å². The smallest absolute Gasteiger partial charge is 0.347 e. The van der Waals surface area contributed by atoms with Crippen LogP contribution in [0.15, 0.2) is 42.5 Å². The quantitative estimate of drug-likeness (QED) is 0.129. The fourth-order valence-corrected chi connectivity index (χ4v) is 14.7. The SMILES string of the molecule is CCC1(OC(=O)C(C)(C(C)(C)C)C(C)(C)C(C)(C)C(C)(C(=O)OC2CCOC2=O)C(C)(C)C(C)(C)C(C)(C(=O)OCCC(O)c2ccc3ccccc3c2)C(C)(C)C)C2CC3CC(C2)CC1C3. The third-order valence-electron chi connectivity index (χ3n) is 21.6. The predicted octanol–water partition coefficient (Wildman–Crippen LogP) is 13.0. The summed E-state index contributed by atoms with van der Waals surface area (Å²) < 4.78 is 25.2. The number of rotatable bonds is 16. The van der Waals surface area contributed by atoms with E-state index in [9.17, 15) is 9.90 Å². The van der Waals surface area contributed by atoms with Crippen molar-refractivity contribution >= 4 is 34.6 Å². The number of aliphatic hydroxyl groups excluding tert-OH is 1. The molecule has 67 heavy (non-hydrogen) atoms. The summed E-state index contributed by atoms with van der Waals surface area (Å²) in [7, 11) is 0. The van der Waals surface area contributed by atoms with Gasteiger partial charge in [-0.15, -0.1) is 0 Å². The van der Waals surface area contributed by atoms with Crippen LogP contribution in [0.5, 0.6) is 0 Å². The Morgan fingerprint density at radius 3 is 1.60 bits per heavy atom. The van der Waals surface area contributed by atoms with Crippen molar-refractivity contribution in [2.45, 2.75) is 194 Å². The van der Waals surface area contributed by atoms with Crippen molar-refractivity contribution in [1.82, 2.24) is 0 Å². The van der Waals surface area contributed by atoms with E-state index in [2.05, 4.69) is 55.4 Å². The second-order valence-electron chi connectivity index (χ2n) is 26.3. The zero-order chi connectivity index (χ0) is 50.4. The van der Waals surface area contributed by atoms with Crippen molar-refractivity contribution in [2.75, 3.05) is 13.2 Å². The predicted molar refractivity (Wildman–Crippen MR) is 264 cm³/mol. The molecular weight excluding hydrogens is 841 g/mol. The summed E-state index contributed by atoms with van der Waals surface area (Å²) in [5.41, 5.74) is -9.44. The molecule has 9 heteroatoms. The molecule has 5 aliphatic rings. The van der Waals surface area contributed by atoms with E-state index in [4.69, 9.17) is 18.9 Å². The first-order chi connectivity index (χ1) is 30.6.